The van der Waals surface area contributed by atoms with Gasteiger partial charge in [0, 0.05) is 0 Å². The highest BCUT2D eigenvalue weighted by atomic mass is 35.5. The van der Waals surface area contributed by atoms with Gasteiger partial charge in [-0.05, 0) is 29.8 Å². The van der Waals surface area contributed by atoms with Crippen molar-refractivity contribution in [3.63, 3.8) is 0 Å². The molecule has 4 aromatic rings. The molecule has 2 heterocycles. The van der Waals surface area contributed by atoms with Gasteiger partial charge in [-0.2, -0.15) is 0 Å². The van der Waals surface area contributed by atoms with Crippen LogP contribution in [-0.4, -0.2) is 14.2 Å². The molecule has 0 bridgehead atoms. The quantitative estimate of drug-likeness (QED) is 0.563. The molecule has 5 nitrogen and oxygen atoms in total. The van der Waals surface area contributed by atoms with E-state index in [9.17, 15) is 5.11 Å². The van der Waals surface area contributed by atoms with Crippen molar-refractivity contribution in [3.8, 4) is 0 Å². The molecule has 1 unspecified atom stereocenters. The first-order valence-corrected chi connectivity index (χ1v) is 8.22. The van der Waals surface area contributed by atoms with Crippen LogP contribution < -0.4 is 5.62 Å². The van der Waals surface area contributed by atoms with Crippen molar-refractivity contribution in [2.75, 3.05) is 0 Å². The number of benzene rings is 2. The number of aromatic nitrogens is 2. The zero-order valence-electron chi connectivity index (χ0n) is 14.1. The summed E-state index contributed by atoms with van der Waals surface area (Å²) >= 11 is 0. The Bertz CT molecular complexity index is 1040. The molecule has 0 aliphatic heterocycles. The number of imidazole rings is 1. The van der Waals surface area contributed by atoms with Crippen LogP contribution in [0.25, 0.3) is 11.0 Å². The third-order valence-electron chi connectivity index (χ3n) is 4.39. The first-order chi connectivity index (χ1) is 12.2. The fourth-order valence-corrected chi connectivity index (χ4v) is 3.15. The van der Waals surface area contributed by atoms with Crippen LogP contribution in [0.3, 0.4) is 0 Å². The molecule has 0 spiro atoms. The summed E-state index contributed by atoms with van der Waals surface area (Å²) < 4.78 is 9.07. The number of halogens is 1. The number of hydrogen-bond acceptors (Lipinski definition) is 3. The Labute approximate surface area is 157 Å². The molecule has 0 radical (unpaired) electrons. The van der Waals surface area contributed by atoms with Crippen LogP contribution in [0, 0.1) is 5.41 Å². The van der Waals surface area contributed by atoms with Crippen LogP contribution >= 0.6 is 12.4 Å². The number of fused-ring (bicyclic) bond motifs is 1. The van der Waals surface area contributed by atoms with Crippen LogP contribution in [0.1, 0.15) is 17.4 Å². The smallest absolute Gasteiger partial charge is 0.203 e. The average Bonchev–Trinajstić information content (AvgIpc) is 3.26. The summed E-state index contributed by atoms with van der Waals surface area (Å²) in [6, 6.07) is 21.5. The summed E-state index contributed by atoms with van der Waals surface area (Å²) in [5.41, 5.74) is 3.39. The van der Waals surface area contributed by atoms with Gasteiger partial charge in [0.2, 0.25) is 5.62 Å². The second-order valence-corrected chi connectivity index (χ2v) is 6.03. The molecule has 0 fully saturated rings. The molecule has 6 heteroatoms. The maximum Gasteiger partial charge on any atom is 0.203 e. The maximum absolute atomic E-state index is 10.4. The van der Waals surface area contributed by atoms with Gasteiger partial charge in [0.05, 0.1) is 30.4 Å². The fourth-order valence-electron chi connectivity index (χ4n) is 3.15. The summed E-state index contributed by atoms with van der Waals surface area (Å²) in [6.45, 7) is 0.888. The summed E-state index contributed by atoms with van der Waals surface area (Å²) in [6.07, 6.45) is 0.754. The minimum Gasteiger partial charge on any atom is -0.467 e. The highest BCUT2D eigenvalue weighted by Gasteiger charge is 2.16. The van der Waals surface area contributed by atoms with Gasteiger partial charge in [0.25, 0.3) is 0 Å². The molecule has 0 saturated heterocycles. The monoisotopic (exact) mass is 369 g/mol. The first kappa shape index (κ1) is 18.0. The van der Waals surface area contributed by atoms with Gasteiger partial charge < -0.3 is 18.7 Å². The molecule has 0 aliphatic rings. The lowest BCUT2D eigenvalue weighted by Crippen LogP contribution is -2.27. The van der Waals surface area contributed by atoms with E-state index in [1.807, 2.05) is 51.6 Å². The van der Waals surface area contributed by atoms with Crippen molar-refractivity contribution < 1.29 is 9.52 Å². The highest BCUT2D eigenvalue weighted by molar-refractivity contribution is 5.85. The number of aliphatic hydroxyl groups is 1. The largest absolute Gasteiger partial charge is 0.467 e. The van der Waals surface area contributed by atoms with E-state index in [4.69, 9.17) is 9.83 Å². The predicted octanol–water partition coefficient (Wildman–Crippen LogP) is 3.72. The Morgan fingerprint density at radius 2 is 1.54 bits per heavy atom. The zero-order valence-corrected chi connectivity index (χ0v) is 14.9. The van der Waals surface area contributed by atoms with Crippen LogP contribution in [0.4, 0.5) is 0 Å². The third-order valence-corrected chi connectivity index (χ3v) is 4.39. The second-order valence-electron chi connectivity index (χ2n) is 6.03. The van der Waals surface area contributed by atoms with Gasteiger partial charge >= 0.3 is 0 Å². The number of nitrogens with zero attached hydrogens (tertiary/aromatic N) is 2. The van der Waals surface area contributed by atoms with Crippen LogP contribution in [0.2, 0.25) is 0 Å². The molecule has 1 atom stereocenters. The Morgan fingerprint density at radius 1 is 0.885 bits per heavy atom. The lowest BCUT2D eigenvalue weighted by atomic mass is 10.2. The van der Waals surface area contributed by atoms with Gasteiger partial charge in [-0.15, -0.1) is 12.4 Å². The van der Waals surface area contributed by atoms with E-state index in [-0.39, 0.29) is 19.0 Å². The van der Waals surface area contributed by atoms with Crippen molar-refractivity contribution in [2.45, 2.75) is 19.2 Å². The van der Waals surface area contributed by atoms with Gasteiger partial charge in [0.15, 0.2) is 0 Å². The SMILES string of the molecule is Cl.N=c1n(Cc2ccccc2)c2ccccc2n1CC(O)c1ccco1. The summed E-state index contributed by atoms with van der Waals surface area (Å²) in [5.74, 6) is 0.506. The standard InChI is InChI=1S/C20H19N3O2.ClH/c21-20-22(13-15-7-2-1-3-8-15)16-9-4-5-10-17(16)23(20)14-18(24)19-11-6-12-25-19;/h1-12,18,21,24H,13-14H2;1H. The van der Waals surface area contributed by atoms with Gasteiger partial charge in [0.1, 0.15) is 11.9 Å². The first-order valence-electron chi connectivity index (χ1n) is 8.22. The Kier molecular flexibility index (Phi) is 5.30. The maximum atomic E-state index is 10.4. The Morgan fingerprint density at radius 3 is 2.19 bits per heavy atom. The van der Waals surface area contributed by atoms with E-state index < -0.39 is 6.10 Å². The number of furan rings is 1. The topological polar surface area (TPSA) is 67.1 Å². The third kappa shape index (κ3) is 3.31. The van der Waals surface area contributed by atoms with Crippen LogP contribution in [0.15, 0.2) is 77.4 Å². The molecule has 26 heavy (non-hydrogen) atoms. The number of nitrogens with one attached hydrogen (secondary N) is 1. The van der Waals surface area contributed by atoms with Crippen molar-refractivity contribution in [1.29, 1.82) is 5.41 Å². The molecule has 2 aromatic heterocycles. The lowest BCUT2D eigenvalue weighted by molar-refractivity contribution is 0.130. The Balaban J connectivity index is 0.00000196. The van der Waals surface area contributed by atoms with E-state index in [0.29, 0.717) is 17.9 Å². The number of hydrogen-bond donors (Lipinski definition) is 2. The predicted molar refractivity (Wildman–Crippen MR) is 102 cm³/mol. The molecule has 2 aromatic carbocycles. The van der Waals surface area contributed by atoms with Crippen molar-refractivity contribution >= 4 is 23.4 Å². The summed E-state index contributed by atoms with van der Waals surface area (Å²) in [5, 5.41) is 19.1. The average molecular weight is 370 g/mol. The lowest BCUT2D eigenvalue weighted by Gasteiger charge is -2.10. The van der Waals surface area contributed by atoms with Gasteiger partial charge in [-0.1, -0.05) is 42.5 Å². The van der Waals surface area contributed by atoms with Crippen LogP contribution in [-0.2, 0) is 13.1 Å². The molecule has 0 aliphatic carbocycles. The van der Waals surface area contributed by atoms with Crippen molar-refractivity contribution in [3.05, 3.63) is 89.9 Å². The number of para-hydroxylation sites is 2. The summed E-state index contributed by atoms with van der Waals surface area (Å²) in [4.78, 5) is 0. The van der Waals surface area contributed by atoms with Crippen LogP contribution in [0.5, 0.6) is 0 Å². The fraction of sp³-hybridized carbons (Fsp3) is 0.150. The van der Waals surface area contributed by atoms with E-state index in [2.05, 4.69) is 12.1 Å². The van der Waals surface area contributed by atoms with E-state index in [1.54, 1.807) is 18.4 Å². The number of aliphatic hydroxyl groups excluding tert-OH is 1. The van der Waals surface area contributed by atoms with Gasteiger partial charge in [-0.3, -0.25) is 5.41 Å². The summed E-state index contributed by atoms with van der Waals surface area (Å²) in [7, 11) is 0. The van der Waals surface area contributed by atoms with Crippen molar-refractivity contribution in [1.82, 2.24) is 9.13 Å². The second kappa shape index (κ2) is 7.64. The molecule has 134 valence electrons. The van der Waals surface area contributed by atoms with Crippen molar-refractivity contribution in [2.24, 2.45) is 0 Å². The zero-order chi connectivity index (χ0) is 17.2. The normalized spacial score (nSPS) is 12.0. The molecule has 0 saturated carbocycles. The Hall–Kier alpha value is -2.76. The van der Waals surface area contributed by atoms with E-state index in [1.165, 1.54) is 0 Å². The highest BCUT2D eigenvalue weighted by Crippen LogP contribution is 2.19. The molecule has 2 N–H and O–H groups in total. The van der Waals surface area contributed by atoms with Gasteiger partial charge in [-0.25, -0.2) is 0 Å². The molecular weight excluding hydrogens is 350 g/mol. The minimum absolute atomic E-state index is 0. The molecule has 4 rings (SSSR count). The van der Waals surface area contributed by atoms with E-state index in [0.717, 1.165) is 16.6 Å². The number of rotatable bonds is 5. The molecule has 0 amide bonds. The minimum atomic E-state index is -0.792. The molecular formula is C20H20ClN3O2. The van der Waals surface area contributed by atoms with E-state index >= 15 is 0 Å².